The van der Waals surface area contributed by atoms with Gasteiger partial charge < -0.3 is 34.1 Å². The second-order valence-corrected chi connectivity index (χ2v) is 11.9. The van der Waals surface area contributed by atoms with Crippen molar-refractivity contribution in [1.29, 1.82) is 0 Å². The maximum absolute atomic E-state index is 11.7. The number of halogens is 2. The first-order valence-corrected chi connectivity index (χ1v) is 17.5. The molecule has 2 aromatic carbocycles. The van der Waals surface area contributed by atoms with Gasteiger partial charge in [-0.3, -0.25) is 19.4 Å². The van der Waals surface area contributed by atoms with Crippen LogP contribution in [0.15, 0.2) is 24.3 Å². The number of carboxylic acids is 1. The molecule has 0 saturated carbocycles. The van der Waals surface area contributed by atoms with Crippen molar-refractivity contribution in [2.45, 2.75) is 74.1 Å². The molecule has 0 amide bonds. The summed E-state index contributed by atoms with van der Waals surface area (Å²) in [5, 5.41) is 10.1. The number of hydrogen-bond acceptors (Lipinski definition) is 12. The first-order valence-electron chi connectivity index (χ1n) is 16.7. The Kier molecular flexibility index (Phi) is 21.4. The average Bonchev–Trinajstić information content (AvgIpc) is 3.59. The number of carbonyl (C=O) groups excluding carboxylic acids is 4. The van der Waals surface area contributed by atoms with E-state index in [1.54, 1.807) is 47.1 Å². The summed E-state index contributed by atoms with van der Waals surface area (Å²) in [6.45, 7) is 12.6. The van der Waals surface area contributed by atoms with E-state index in [1.165, 1.54) is 6.92 Å². The summed E-state index contributed by atoms with van der Waals surface area (Å²) in [5.41, 5.74) is 5.09. The number of methoxy groups -OCH3 is 2. The molecule has 0 saturated heterocycles. The van der Waals surface area contributed by atoms with Gasteiger partial charge in [0.15, 0.2) is 0 Å². The summed E-state index contributed by atoms with van der Waals surface area (Å²) in [5.74, 6) is -0.875. The van der Waals surface area contributed by atoms with Gasteiger partial charge in [-0.2, -0.15) is 9.78 Å². The van der Waals surface area contributed by atoms with Gasteiger partial charge in [0.1, 0.15) is 17.3 Å². The van der Waals surface area contributed by atoms with Gasteiger partial charge in [-0.15, -0.1) is 0 Å². The number of fused-ring (bicyclic) bond motifs is 2. The normalized spacial score (nSPS) is 10.1. The third kappa shape index (κ3) is 15.6. The van der Waals surface area contributed by atoms with Crippen molar-refractivity contribution in [1.82, 2.24) is 9.97 Å². The molecule has 0 spiro atoms. The summed E-state index contributed by atoms with van der Waals surface area (Å²) < 4.78 is 15.0. The fraction of sp³-hybridized carbons (Fsp3) is 0.432. The lowest BCUT2D eigenvalue weighted by atomic mass is 10.1. The fourth-order valence-corrected chi connectivity index (χ4v) is 5.27. The molecule has 17 heteroatoms. The monoisotopic (exact) mass is 798 g/mol. The van der Waals surface area contributed by atoms with Crippen LogP contribution in [-0.4, -0.2) is 78.8 Å². The van der Waals surface area contributed by atoms with Crippen molar-refractivity contribution >= 4 is 74.7 Å². The van der Waals surface area contributed by atoms with E-state index in [-0.39, 0.29) is 31.0 Å². The third-order valence-electron chi connectivity index (χ3n) is 6.96. The van der Waals surface area contributed by atoms with Crippen molar-refractivity contribution in [2.75, 3.05) is 34.0 Å². The van der Waals surface area contributed by atoms with Crippen molar-refractivity contribution in [3.8, 4) is 11.5 Å². The molecule has 2 aromatic heterocycles. The van der Waals surface area contributed by atoms with Crippen LogP contribution in [-0.2, 0) is 61.1 Å². The maximum Gasteiger partial charge on any atom is 0.346 e. The highest BCUT2D eigenvalue weighted by Gasteiger charge is 2.19. The molecule has 0 fully saturated rings. The van der Waals surface area contributed by atoms with Gasteiger partial charge in [-0.25, -0.2) is 9.59 Å². The van der Waals surface area contributed by atoms with Gasteiger partial charge in [0.2, 0.25) is 0 Å². The van der Waals surface area contributed by atoms with E-state index in [4.69, 9.17) is 42.6 Å². The highest BCUT2D eigenvalue weighted by atomic mass is 35.5. The van der Waals surface area contributed by atoms with Crippen LogP contribution in [0.5, 0.6) is 11.5 Å². The highest BCUT2D eigenvalue weighted by Crippen LogP contribution is 2.36. The molecule has 0 bridgehead atoms. The van der Waals surface area contributed by atoms with Crippen LogP contribution >= 0.6 is 23.2 Å². The minimum atomic E-state index is -0.833. The van der Waals surface area contributed by atoms with E-state index in [2.05, 4.69) is 34.3 Å². The summed E-state index contributed by atoms with van der Waals surface area (Å²) in [6.07, 6.45) is 0.706. The van der Waals surface area contributed by atoms with Crippen LogP contribution in [0.4, 0.5) is 0 Å². The van der Waals surface area contributed by atoms with Crippen molar-refractivity contribution in [2.24, 2.45) is 0 Å². The molecule has 0 radical (unpaired) electrons. The third-order valence-corrected chi connectivity index (χ3v) is 7.63. The van der Waals surface area contributed by atoms with Gasteiger partial charge in [0, 0.05) is 46.5 Å². The molecule has 4 rings (SSSR count). The van der Waals surface area contributed by atoms with Gasteiger partial charge in [0.05, 0.1) is 63.3 Å². The second-order valence-electron chi connectivity index (χ2n) is 11.1. The first-order chi connectivity index (χ1) is 25.5. The predicted octanol–water partition coefficient (Wildman–Crippen LogP) is 7.36. The minimum Gasteiger partial charge on any atom is -0.495 e. The molecule has 3 N–H and O–H groups in total. The van der Waals surface area contributed by atoms with Crippen molar-refractivity contribution < 1.29 is 62.8 Å². The van der Waals surface area contributed by atoms with E-state index in [0.717, 1.165) is 51.2 Å². The summed E-state index contributed by atoms with van der Waals surface area (Å²) in [7, 11) is 3.10. The van der Waals surface area contributed by atoms with E-state index in [1.807, 2.05) is 26.0 Å². The molecule has 2 heterocycles. The molecular weight excluding hydrogens is 751 g/mol. The number of Topliss-reactive ketones (excluding diaryl/α,β-unsaturated/α-hetero) is 1. The van der Waals surface area contributed by atoms with E-state index in [9.17, 15) is 19.2 Å². The zero-order valence-corrected chi connectivity index (χ0v) is 33.4. The number of nitrogens with one attached hydrogen (secondary N) is 2. The Labute approximate surface area is 323 Å². The Hall–Kier alpha value is -4.83. The SMILES string of the molecule is CC(=O)O.CCOC(=O)CCC(C)=O.CCOOC(=O)Cc1c(C)[nH]c2cc(Cl)c(OC)cc12.CCOOC(=O)Cc1c(C)[nH]c2ccc(OC)c(Cl)c12. The van der Waals surface area contributed by atoms with Gasteiger partial charge in [-0.05, 0) is 76.9 Å². The predicted molar refractivity (Wildman–Crippen MR) is 202 cm³/mol. The summed E-state index contributed by atoms with van der Waals surface area (Å²) >= 11 is 12.4. The highest BCUT2D eigenvalue weighted by molar-refractivity contribution is 6.37. The number of H-pyrrole nitrogens is 2. The largest absolute Gasteiger partial charge is 0.495 e. The number of carbonyl (C=O) groups is 5. The van der Waals surface area contributed by atoms with Gasteiger partial charge in [0.25, 0.3) is 5.97 Å². The number of aryl methyl sites for hydroxylation is 2. The smallest absolute Gasteiger partial charge is 0.346 e. The van der Waals surface area contributed by atoms with Crippen LogP contribution in [0, 0.1) is 13.8 Å². The molecule has 298 valence electrons. The number of aromatic nitrogens is 2. The minimum absolute atomic E-state index is 0.0213. The standard InChI is InChI=1S/2C14H16ClNO4.C7H12O3.C2H4O2/c1-4-19-20-14(17)6-9-8(2)16-12-7-11(15)13(18-3)5-10(9)12;1-4-19-20-12(17)7-9-8(2)16-10-5-6-11(18-3)14(15)13(9)10;1-3-10-7(9)5-4-6(2)8;1-2(3)4/h5,7,16H,4,6H2,1-3H3;5-6,16H,4,7H2,1-3H3;3-5H2,1-2H3;1H3,(H,3,4). The van der Waals surface area contributed by atoms with Crippen LogP contribution in [0.3, 0.4) is 0 Å². The number of esters is 1. The Morgan fingerprint density at radius 3 is 1.72 bits per heavy atom. The molecule has 0 atom stereocenters. The number of aromatic amines is 2. The van der Waals surface area contributed by atoms with Crippen LogP contribution in [0.1, 0.15) is 70.0 Å². The first kappa shape index (κ1) is 47.2. The summed E-state index contributed by atoms with van der Waals surface area (Å²) in [6, 6.07) is 7.23. The van der Waals surface area contributed by atoms with Crippen LogP contribution in [0.2, 0.25) is 10.0 Å². The van der Waals surface area contributed by atoms with E-state index < -0.39 is 17.9 Å². The molecule has 0 unspecified atom stereocenters. The molecule has 0 aliphatic carbocycles. The maximum atomic E-state index is 11.7. The Morgan fingerprint density at radius 1 is 0.704 bits per heavy atom. The molecule has 4 aromatic rings. The van der Waals surface area contributed by atoms with E-state index >= 15 is 0 Å². The van der Waals surface area contributed by atoms with Gasteiger partial charge >= 0.3 is 17.9 Å². The quantitative estimate of drug-likeness (QED) is 0.0649. The molecule has 54 heavy (non-hydrogen) atoms. The number of hydrogen-bond donors (Lipinski definition) is 3. The lowest BCUT2D eigenvalue weighted by molar-refractivity contribution is -0.269. The number of ketones is 1. The topological polar surface area (TPSA) is 202 Å². The molecule has 15 nitrogen and oxygen atoms in total. The van der Waals surface area contributed by atoms with E-state index in [0.29, 0.717) is 47.8 Å². The number of rotatable bonds is 14. The Morgan fingerprint density at radius 2 is 1.22 bits per heavy atom. The molecular formula is C37H48Cl2N2O13. The number of ether oxygens (including phenoxy) is 3. The van der Waals surface area contributed by atoms with Crippen LogP contribution in [0.25, 0.3) is 21.8 Å². The zero-order chi connectivity index (χ0) is 41.0. The van der Waals surface area contributed by atoms with Crippen molar-refractivity contribution in [3.63, 3.8) is 0 Å². The Balaban J connectivity index is 0.000000405. The average molecular weight is 800 g/mol. The second kappa shape index (κ2) is 24.5. The zero-order valence-electron chi connectivity index (χ0n) is 31.9. The Bertz CT molecular complexity index is 1860. The fourth-order valence-electron chi connectivity index (χ4n) is 4.68. The number of benzene rings is 2. The molecule has 0 aliphatic heterocycles. The number of aliphatic carboxylic acids is 1. The van der Waals surface area contributed by atoms with Crippen molar-refractivity contribution in [3.05, 3.63) is 56.8 Å². The lowest BCUT2D eigenvalue weighted by Crippen LogP contribution is -2.09. The van der Waals surface area contributed by atoms with Gasteiger partial charge in [-0.1, -0.05) is 23.2 Å². The van der Waals surface area contributed by atoms with Crippen LogP contribution < -0.4 is 9.47 Å². The summed E-state index contributed by atoms with van der Waals surface area (Å²) in [4.78, 5) is 78.3. The molecule has 0 aliphatic rings. The lowest BCUT2D eigenvalue weighted by Gasteiger charge is -2.06. The number of carboxylic acid groups (broad SMARTS) is 1.